The molecule has 0 aliphatic rings. The summed E-state index contributed by atoms with van der Waals surface area (Å²) in [5, 5.41) is 0. The zero-order valence-electron chi connectivity index (χ0n) is 14.5. The van der Waals surface area contributed by atoms with Gasteiger partial charge in [0, 0.05) is 25.5 Å². The molecule has 0 radical (unpaired) electrons. The average molecular weight is 346 g/mol. The summed E-state index contributed by atoms with van der Waals surface area (Å²) in [6, 6.07) is 11.0. The van der Waals surface area contributed by atoms with E-state index >= 15 is 0 Å². The summed E-state index contributed by atoms with van der Waals surface area (Å²) in [7, 11) is -3.48. The molecule has 2 aromatic rings. The summed E-state index contributed by atoms with van der Waals surface area (Å²) in [6.45, 7) is 4.83. The van der Waals surface area contributed by atoms with Gasteiger partial charge < -0.3 is 0 Å². The summed E-state index contributed by atoms with van der Waals surface area (Å²) in [6.07, 6.45) is 7.90. The lowest BCUT2D eigenvalue weighted by atomic mass is 10.1. The van der Waals surface area contributed by atoms with Crippen molar-refractivity contribution in [3.8, 4) is 0 Å². The van der Waals surface area contributed by atoms with Gasteiger partial charge in [0.25, 0.3) is 0 Å². The Morgan fingerprint density at radius 1 is 0.917 bits per heavy atom. The van der Waals surface area contributed by atoms with Crippen LogP contribution in [0.4, 0.5) is 0 Å². The molecule has 4 nitrogen and oxygen atoms in total. The number of aromatic nitrogens is 1. The second-order valence-electron chi connectivity index (χ2n) is 5.89. The highest BCUT2D eigenvalue weighted by Crippen LogP contribution is 2.19. The van der Waals surface area contributed by atoms with Crippen molar-refractivity contribution in [2.45, 2.75) is 51.0 Å². The number of unbranched alkanes of at least 4 members (excludes halogenated alkanes) is 2. The minimum absolute atomic E-state index is 0.359. The lowest BCUT2D eigenvalue weighted by Gasteiger charge is -2.20. The van der Waals surface area contributed by atoms with Gasteiger partial charge in [-0.25, -0.2) is 8.42 Å². The van der Waals surface area contributed by atoms with Gasteiger partial charge in [0.05, 0.1) is 4.90 Å². The maximum atomic E-state index is 12.8. The Morgan fingerprint density at radius 2 is 1.58 bits per heavy atom. The van der Waals surface area contributed by atoms with Crippen LogP contribution >= 0.6 is 0 Å². The van der Waals surface area contributed by atoms with Gasteiger partial charge in [-0.05, 0) is 48.2 Å². The van der Waals surface area contributed by atoms with Crippen LogP contribution < -0.4 is 0 Å². The molecule has 5 heteroatoms. The minimum atomic E-state index is -3.48. The van der Waals surface area contributed by atoms with Gasteiger partial charge in [-0.3, -0.25) is 4.98 Å². The van der Waals surface area contributed by atoms with Crippen molar-refractivity contribution < 1.29 is 8.42 Å². The van der Waals surface area contributed by atoms with E-state index in [1.54, 1.807) is 24.5 Å². The van der Waals surface area contributed by atoms with Crippen LogP contribution in [0.3, 0.4) is 0 Å². The minimum Gasteiger partial charge on any atom is -0.265 e. The van der Waals surface area contributed by atoms with Crippen molar-refractivity contribution >= 4 is 10.0 Å². The van der Waals surface area contributed by atoms with Crippen molar-refractivity contribution in [1.29, 1.82) is 0 Å². The van der Waals surface area contributed by atoms with E-state index in [1.165, 1.54) is 22.7 Å². The van der Waals surface area contributed by atoms with Crippen LogP contribution in [0.2, 0.25) is 0 Å². The fourth-order valence-electron chi connectivity index (χ4n) is 2.61. The van der Waals surface area contributed by atoms with E-state index in [0.717, 1.165) is 18.4 Å². The second kappa shape index (κ2) is 8.94. The van der Waals surface area contributed by atoms with E-state index in [0.29, 0.717) is 18.0 Å². The summed E-state index contributed by atoms with van der Waals surface area (Å²) in [5.41, 5.74) is 2.13. The van der Waals surface area contributed by atoms with Crippen LogP contribution in [0, 0.1) is 0 Å². The first kappa shape index (κ1) is 18.6. The zero-order valence-corrected chi connectivity index (χ0v) is 15.3. The fraction of sp³-hybridized carbons (Fsp3) is 0.421. The third-order valence-corrected chi connectivity index (χ3v) is 6.03. The third kappa shape index (κ3) is 4.89. The van der Waals surface area contributed by atoms with Crippen LogP contribution in [-0.2, 0) is 23.0 Å². The molecule has 0 spiro atoms. The average Bonchev–Trinajstić information content (AvgIpc) is 2.61. The molecule has 0 unspecified atom stereocenters. The van der Waals surface area contributed by atoms with Crippen LogP contribution in [0.1, 0.15) is 44.2 Å². The van der Waals surface area contributed by atoms with Crippen molar-refractivity contribution in [2.24, 2.45) is 0 Å². The van der Waals surface area contributed by atoms with Crippen LogP contribution in [0.5, 0.6) is 0 Å². The molecular formula is C19H26N2O2S. The summed E-state index contributed by atoms with van der Waals surface area (Å²) >= 11 is 0. The molecule has 1 aromatic heterocycles. The number of hydrogen-bond acceptors (Lipinski definition) is 3. The summed E-state index contributed by atoms with van der Waals surface area (Å²) in [5.74, 6) is 0. The molecule has 0 amide bonds. The topological polar surface area (TPSA) is 50.3 Å². The molecule has 0 aliphatic carbocycles. The number of sulfonamides is 1. The van der Waals surface area contributed by atoms with E-state index in [4.69, 9.17) is 0 Å². The Labute approximate surface area is 145 Å². The quantitative estimate of drug-likeness (QED) is 0.644. The lowest BCUT2D eigenvalue weighted by molar-refractivity contribution is 0.423. The SMILES string of the molecule is CCCCCc1ccc(S(=O)(=O)N(CC)Cc2ccncc2)cc1. The smallest absolute Gasteiger partial charge is 0.243 e. The Hall–Kier alpha value is -1.72. The van der Waals surface area contributed by atoms with E-state index in [9.17, 15) is 8.42 Å². The molecule has 130 valence electrons. The van der Waals surface area contributed by atoms with Gasteiger partial charge in [-0.2, -0.15) is 4.31 Å². The number of rotatable bonds is 9. The molecule has 0 saturated carbocycles. The van der Waals surface area contributed by atoms with Gasteiger partial charge in [0.1, 0.15) is 0 Å². The monoisotopic (exact) mass is 346 g/mol. The fourth-order valence-corrected chi connectivity index (χ4v) is 4.05. The van der Waals surface area contributed by atoms with E-state index in [-0.39, 0.29) is 0 Å². The van der Waals surface area contributed by atoms with Gasteiger partial charge in [-0.1, -0.05) is 38.8 Å². The number of pyridine rings is 1. The van der Waals surface area contributed by atoms with Gasteiger partial charge in [0.15, 0.2) is 0 Å². The first-order valence-electron chi connectivity index (χ1n) is 8.56. The molecule has 24 heavy (non-hydrogen) atoms. The number of benzene rings is 1. The summed E-state index contributed by atoms with van der Waals surface area (Å²) < 4.78 is 27.2. The largest absolute Gasteiger partial charge is 0.265 e. The molecule has 1 aromatic carbocycles. The van der Waals surface area contributed by atoms with Crippen molar-refractivity contribution in [1.82, 2.24) is 9.29 Å². The van der Waals surface area contributed by atoms with Crippen LogP contribution in [-0.4, -0.2) is 24.3 Å². The van der Waals surface area contributed by atoms with Gasteiger partial charge in [-0.15, -0.1) is 0 Å². The number of nitrogens with zero attached hydrogens (tertiary/aromatic N) is 2. The Balaban J connectivity index is 2.12. The van der Waals surface area contributed by atoms with Gasteiger partial charge >= 0.3 is 0 Å². The molecule has 0 bridgehead atoms. The van der Waals surface area contributed by atoms with Crippen molar-refractivity contribution in [2.75, 3.05) is 6.54 Å². The maximum Gasteiger partial charge on any atom is 0.243 e. The zero-order chi connectivity index (χ0) is 17.4. The second-order valence-corrected chi connectivity index (χ2v) is 7.83. The molecular weight excluding hydrogens is 320 g/mol. The molecule has 0 atom stereocenters. The van der Waals surface area contributed by atoms with Crippen LogP contribution in [0.25, 0.3) is 0 Å². The molecule has 2 rings (SSSR count). The first-order chi connectivity index (χ1) is 11.6. The van der Waals surface area contributed by atoms with E-state index < -0.39 is 10.0 Å². The first-order valence-corrected chi connectivity index (χ1v) is 10.00. The molecule has 1 heterocycles. The molecule has 0 saturated heterocycles. The number of aryl methyl sites for hydroxylation is 1. The summed E-state index contributed by atoms with van der Waals surface area (Å²) in [4.78, 5) is 4.33. The molecule has 0 fully saturated rings. The van der Waals surface area contributed by atoms with E-state index in [1.807, 2.05) is 31.2 Å². The highest BCUT2D eigenvalue weighted by molar-refractivity contribution is 7.89. The predicted octanol–water partition coefficient (Wildman–Crippen LogP) is 4.03. The Bertz CT molecular complexity index is 713. The number of hydrogen-bond donors (Lipinski definition) is 0. The van der Waals surface area contributed by atoms with E-state index in [2.05, 4.69) is 11.9 Å². The van der Waals surface area contributed by atoms with Crippen molar-refractivity contribution in [3.63, 3.8) is 0 Å². The van der Waals surface area contributed by atoms with Crippen molar-refractivity contribution in [3.05, 3.63) is 59.9 Å². The highest BCUT2D eigenvalue weighted by atomic mass is 32.2. The van der Waals surface area contributed by atoms with Crippen LogP contribution in [0.15, 0.2) is 53.7 Å². The standard InChI is InChI=1S/C19H26N2O2S/c1-3-5-6-7-17-8-10-19(11-9-17)24(22,23)21(4-2)16-18-12-14-20-15-13-18/h8-15H,3-7,16H2,1-2H3. The van der Waals surface area contributed by atoms with Gasteiger partial charge in [0.2, 0.25) is 10.0 Å². The lowest BCUT2D eigenvalue weighted by Crippen LogP contribution is -2.30. The third-order valence-electron chi connectivity index (χ3n) is 4.09. The molecule has 0 aliphatic heterocycles. The Kier molecular flexibility index (Phi) is 6.94. The maximum absolute atomic E-state index is 12.8. The Morgan fingerprint density at radius 3 is 2.17 bits per heavy atom. The normalized spacial score (nSPS) is 11.8. The highest BCUT2D eigenvalue weighted by Gasteiger charge is 2.23. The predicted molar refractivity (Wildman–Crippen MR) is 97.2 cm³/mol. The molecule has 0 N–H and O–H groups in total.